The largest absolute Gasteiger partial charge is 0.324 e. The quantitative estimate of drug-likeness (QED) is 0.657. The molecule has 114 valence electrons. The molecule has 0 unspecified atom stereocenters. The van der Waals surface area contributed by atoms with Crippen LogP contribution >= 0.6 is 11.8 Å². The molecular weight excluding hydrogens is 280 g/mol. The number of likely N-dealkylation sites (tertiary alicyclic amines) is 1. The number of nitrogens with one attached hydrogen (secondary N) is 1. The maximum atomic E-state index is 12.5. The first kappa shape index (κ1) is 16.0. The maximum absolute atomic E-state index is 12.5. The van der Waals surface area contributed by atoms with Crippen molar-refractivity contribution >= 4 is 23.5 Å². The zero-order valence-corrected chi connectivity index (χ0v) is 13.7. The first-order valence-electron chi connectivity index (χ1n) is 7.48. The SMILES string of the molecule is C=CCSc1ccccc1NC(=O)N1C[C@@H](C)C[C@H](C)C1. The lowest BCUT2D eigenvalue weighted by Gasteiger charge is -2.35. The molecule has 0 radical (unpaired) electrons. The van der Waals surface area contributed by atoms with E-state index in [-0.39, 0.29) is 6.03 Å². The molecule has 2 amide bonds. The summed E-state index contributed by atoms with van der Waals surface area (Å²) in [6.07, 6.45) is 3.08. The molecule has 3 nitrogen and oxygen atoms in total. The highest BCUT2D eigenvalue weighted by atomic mass is 32.2. The molecule has 0 saturated carbocycles. The standard InChI is InChI=1S/C17H24N2OS/c1-4-9-21-16-8-6-5-7-15(16)18-17(20)19-11-13(2)10-14(3)12-19/h4-8,13-14H,1,9-12H2,2-3H3,(H,18,20)/t13-,14-/m0/s1. The monoisotopic (exact) mass is 304 g/mol. The first-order valence-corrected chi connectivity index (χ1v) is 8.47. The fraction of sp³-hybridized carbons (Fsp3) is 0.471. The van der Waals surface area contributed by atoms with Crippen LogP contribution in [0.25, 0.3) is 0 Å². The number of hydrogen-bond acceptors (Lipinski definition) is 2. The highest BCUT2D eigenvalue weighted by Crippen LogP contribution is 2.28. The third-order valence-electron chi connectivity index (χ3n) is 3.64. The number of para-hydroxylation sites is 1. The number of hydrogen-bond donors (Lipinski definition) is 1. The molecule has 1 heterocycles. The van der Waals surface area contributed by atoms with Crippen molar-refractivity contribution in [2.45, 2.75) is 25.2 Å². The lowest BCUT2D eigenvalue weighted by molar-refractivity contribution is 0.156. The summed E-state index contributed by atoms with van der Waals surface area (Å²) in [4.78, 5) is 15.5. The van der Waals surface area contributed by atoms with E-state index in [4.69, 9.17) is 0 Å². The van der Waals surface area contributed by atoms with Crippen LogP contribution in [0.1, 0.15) is 20.3 Å². The Balaban J connectivity index is 2.03. The molecule has 0 aliphatic carbocycles. The van der Waals surface area contributed by atoms with Crippen LogP contribution in [0.5, 0.6) is 0 Å². The van der Waals surface area contributed by atoms with Gasteiger partial charge in [-0.05, 0) is 30.4 Å². The van der Waals surface area contributed by atoms with Gasteiger partial charge in [0, 0.05) is 23.7 Å². The summed E-state index contributed by atoms with van der Waals surface area (Å²) in [5.74, 6) is 1.99. The topological polar surface area (TPSA) is 32.3 Å². The third-order valence-corrected chi connectivity index (χ3v) is 4.71. The number of amides is 2. The second kappa shape index (κ2) is 7.55. The summed E-state index contributed by atoms with van der Waals surface area (Å²) in [6.45, 7) is 9.86. The number of piperidine rings is 1. The minimum absolute atomic E-state index is 0.0139. The number of urea groups is 1. The Morgan fingerprint density at radius 1 is 1.38 bits per heavy atom. The third kappa shape index (κ3) is 4.53. The lowest BCUT2D eigenvalue weighted by atomic mass is 9.92. The molecule has 1 aliphatic heterocycles. The minimum Gasteiger partial charge on any atom is -0.324 e. The summed E-state index contributed by atoms with van der Waals surface area (Å²) in [5.41, 5.74) is 0.889. The van der Waals surface area contributed by atoms with Crippen molar-refractivity contribution in [2.24, 2.45) is 11.8 Å². The van der Waals surface area contributed by atoms with Gasteiger partial charge in [-0.2, -0.15) is 0 Å². The lowest BCUT2D eigenvalue weighted by Crippen LogP contribution is -2.44. The predicted octanol–water partition coefficient (Wildman–Crippen LogP) is 4.47. The van der Waals surface area contributed by atoms with Gasteiger partial charge in [0.1, 0.15) is 0 Å². The van der Waals surface area contributed by atoms with E-state index in [1.807, 2.05) is 35.2 Å². The zero-order valence-electron chi connectivity index (χ0n) is 12.8. The average molecular weight is 304 g/mol. The molecule has 1 aliphatic rings. The molecule has 21 heavy (non-hydrogen) atoms. The van der Waals surface area contributed by atoms with Crippen LogP contribution in [0, 0.1) is 11.8 Å². The van der Waals surface area contributed by atoms with Gasteiger partial charge in [-0.3, -0.25) is 0 Å². The van der Waals surface area contributed by atoms with Crippen LogP contribution in [0.2, 0.25) is 0 Å². The van der Waals surface area contributed by atoms with E-state index in [2.05, 4.69) is 25.7 Å². The van der Waals surface area contributed by atoms with Crippen LogP contribution in [0.15, 0.2) is 41.8 Å². The molecule has 1 aromatic carbocycles. The van der Waals surface area contributed by atoms with Crippen LogP contribution in [-0.2, 0) is 0 Å². The average Bonchev–Trinajstić information content (AvgIpc) is 2.45. The van der Waals surface area contributed by atoms with Crippen molar-refractivity contribution in [3.8, 4) is 0 Å². The van der Waals surface area contributed by atoms with Crippen molar-refractivity contribution in [3.05, 3.63) is 36.9 Å². The molecule has 4 heteroatoms. The van der Waals surface area contributed by atoms with Crippen LogP contribution in [0.3, 0.4) is 0 Å². The van der Waals surface area contributed by atoms with Crippen molar-refractivity contribution in [2.75, 3.05) is 24.2 Å². The van der Waals surface area contributed by atoms with E-state index in [1.165, 1.54) is 6.42 Å². The van der Waals surface area contributed by atoms with Crippen LogP contribution < -0.4 is 5.32 Å². The van der Waals surface area contributed by atoms with Gasteiger partial charge < -0.3 is 10.2 Å². The highest BCUT2D eigenvalue weighted by Gasteiger charge is 2.25. The predicted molar refractivity (Wildman–Crippen MR) is 90.9 cm³/mol. The van der Waals surface area contributed by atoms with Gasteiger partial charge in [0.25, 0.3) is 0 Å². The van der Waals surface area contributed by atoms with Crippen molar-refractivity contribution < 1.29 is 4.79 Å². The van der Waals surface area contributed by atoms with Crippen LogP contribution in [-0.4, -0.2) is 29.8 Å². The number of benzene rings is 1. The number of carbonyl (C=O) groups is 1. The van der Waals surface area contributed by atoms with Gasteiger partial charge in [0.15, 0.2) is 0 Å². The molecule has 0 bridgehead atoms. The van der Waals surface area contributed by atoms with Gasteiger partial charge in [0.05, 0.1) is 5.69 Å². The Kier molecular flexibility index (Phi) is 5.74. The van der Waals surface area contributed by atoms with Crippen molar-refractivity contribution in [1.82, 2.24) is 4.90 Å². The summed E-state index contributed by atoms with van der Waals surface area (Å²) in [6, 6.07) is 7.95. The van der Waals surface area contributed by atoms with E-state index < -0.39 is 0 Å². The summed E-state index contributed by atoms with van der Waals surface area (Å²) in [7, 11) is 0. The number of thioether (sulfide) groups is 1. The van der Waals surface area contributed by atoms with Gasteiger partial charge in [0.2, 0.25) is 0 Å². The van der Waals surface area contributed by atoms with Gasteiger partial charge in [-0.25, -0.2) is 4.79 Å². The number of nitrogens with zero attached hydrogens (tertiary/aromatic N) is 1. The van der Waals surface area contributed by atoms with E-state index >= 15 is 0 Å². The second-order valence-corrected chi connectivity index (χ2v) is 6.94. The minimum atomic E-state index is 0.0139. The molecule has 0 spiro atoms. The van der Waals surface area contributed by atoms with Crippen molar-refractivity contribution in [3.63, 3.8) is 0 Å². The highest BCUT2D eigenvalue weighted by molar-refractivity contribution is 7.99. The molecule has 2 atom stereocenters. The number of rotatable bonds is 4. The van der Waals surface area contributed by atoms with E-state index in [1.54, 1.807) is 11.8 Å². The second-order valence-electron chi connectivity index (χ2n) is 5.88. The van der Waals surface area contributed by atoms with E-state index in [0.717, 1.165) is 29.4 Å². The van der Waals surface area contributed by atoms with Gasteiger partial charge in [-0.1, -0.05) is 32.1 Å². The Morgan fingerprint density at radius 2 is 2.05 bits per heavy atom. The summed E-state index contributed by atoms with van der Waals surface area (Å²) < 4.78 is 0. The molecule has 1 N–H and O–H groups in total. The Morgan fingerprint density at radius 3 is 2.71 bits per heavy atom. The Labute approximate surface area is 131 Å². The summed E-state index contributed by atoms with van der Waals surface area (Å²) >= 11 is 1.69. The van der Waals surface area contributed by atoms with E-state index in [0.29, 0.717) is 11.8 Å². The molecule has 0 aromatic heterocycles. The Bertz CT molecular complexity index is 493. The number of carbonyl (C=O) groups excluding carboxylic acids is 1. The zero-order chi connectivity index (χ0) is 15.2. The van der Waals surface area contributed by atoms with Gasteiger partial charge in [-0.15, -0.1) is 18.3 Å². The number of anilines is 1. The van der Waals surface area contributed by atoms with Crippen molar-refractivity contribution in [1.29, 1.82) is 0 Å². The molecule has 1 aromatic rings. The fourth-order valence-electron chi connectivity index (χ4n) is 2.87. The molecule has 1 saturated heterocycles. The first-order chi connectivity index (χ1) is 10.1. The fourth-order valence-corrected chi connectivity index (χ4v) is 3.61. The Hall–Kier alpha value is -1.42. The molecular formula is C17H24N2OS. The molecule has 1 fully saturated rings. The van der Waals surface area contributed by atoms with Gasteiger partial charge >= 0.3 is 6.03 Å². The normalized spacial score (nSPS) is 21.9. The smallest absolute Gasteiger partial charge is 0.321 e. The van der Waals surface area contributed by atoms with Crippen LogP contribution in [0.4, 0.5) is 10.5 Å². The summed E-state index contributed by atoms with van der Waals surface area (Å²) in [5, 5.41) is 3.06. The maximum Gasteiger partial charge on any atom is 0.321 e. The molecule has 2 rings (SSSR count). The van der Waals surface area contributed by atoms with E-state index in [9.17, 15) is 4.79 Å².